The third-order valence-corrected chi connectivity index (χ3v) is 4.32. The van der Waals surface area contributed by atoms with Gasteiger partial charge in [-0.3, -0.25) is 0 Å². The van der Waals surface area contributed by atoms with Gasteiger partial charge in [0.2, 0.25) is 10.0 Å². The van der Waals surface area contributed by atoms with Gasteiger partial charge in [0.15, 0.2) is 0 Å². The highest BCUT2D eigenvalue weighted by molar-refractivity contribution is 7.90. The molecule has 0 rings (SSSR count). The molecule has 0 fully saturated rings. The van der Waals surface area contributed by atoms with Crippen molar-refractivity contribution in [3.63, 3.8) is 0 Å². The maximum atomic E-state index is 11.8. The third-order valence-electron chi connectivity index (χ3n) is 2.08. The van der Waals surface area contributed by atoms with Gasteiger partial charge in [-0.05, 0) is 20.3 Å². The second kappa shape index (κ2) is 5.79. The van der Waals surface area contributed by atoms with E-state index in [0.717, 1.165) is 0 Å². The molecule has 92 valence electrons. The Hall–Kier alpha value is -0.170. The molecule has 6 heteroatoms. The zero-order valence-electron chi connectivity index (χ0n) is 9.91. The Morgan fingerprint density at radius 1 is 1.47 bits per heavy atom. The molecule has 0 heterocycles. The van der Waals surface area contributed by atoms with Gasteiger partial charge in [0.05, 0.1) is 17.4 Å². The fourth-order valence-electron chi connectivity index (χ4n) is 1.37. The van der Waals surface area contributed by atoms with E-state index in [1.54, 1.807) is 20.8 Å². The minimum Gasteiger partial charge on any atom is -0.383 e. The van der Waals surface area contributed by atoms with Gasteiger partial charge in [0, 0.05) is 13.7 Å². The number of methoxy groups -OCH3 is 1. The highest BCUT2D eigenvalue weighted by Gasteiger charge is 2.29. The van der Waals surface area contributed by atoms with Crippen LogP contribution in [0.4, 0.5) is 0 Å². The molecule has 1 atom stereocenters. The average molecular weight is 238 g/mol. The van der Waals surface area contributed by atoms with Crippen LogP contribution in [0.3, 0.4) is 0 Å². The smallest absolute Gasteiger partial charge is 0.216 e. The number of hydrogen-bond donors (Lipinski definition) is 2. The quantitative estimate of drug-likeness (QED) is 0.657. The molecular formula is C9H22N2O3S. The van der Waals surface area contributed by atoms with Crippen molar-refractivity contribution < 1.29 is 13.2 Å². The summed E-state index contributed by atoms with van der Waals surface area (Å²) in [5, 5.41) is -0.534. The summed E-state index contributed by atoms with van der Waals surface area (Å²) < 4.78 is 31.2. The molecule has 0 amide bonds. The standard InChI is InChI=1S/C9H22N2O3S/c1-5-8(6-10)15(12,13)11-9(2,3)7-14-4/h8,11H,5-7,10H2,1-4H3. The normalized spacial score (nSPS) is 15.3. The van der Waals surface area contributed by atoms with E-state index < -0.39 is 20.8 Å². The van der Waals surface area contributed by atoms with E-state index in [1.165, 1.54) is 7.11 Å². The summed E-state index contributed by atoms with van der Waals surface area (Å²) in [6, 6.07) is 0. The maximum Gasteiger partial charge on any atom is 0.216 e. The first kappa shape index (κ1) is 14.8. The maximum absolute atomic E-state index is 11.8. The molecule has 0 aromatic carbocycles. The van der Waals surface area contributed by atoms with E-state index in [4.69, 9.17) is 10.5 Å². The fraction of sp³-hybridized carbons (Fsp3) is 1.00. The van der Waals surface area contributed by atoms with Crippen LogP contribution in [0, 0.1) is 0 Å². The summed E-state index contributed by atoms with van der Waals surface area (Å²) in [5.74, 6) is 0. The number of hydrogen-bond acceptors (Lipinski definition) is 4. The van der Waals surface area contributed by atoms with Gasteiger partial charge in [0.1, 0.15) is 0 Å². The summed E-state index contributed by atoms with van der Waals surface area (Å²) in [6.45, 7) is 5.82. The molecular weight excluding hydrogens is 216 g/mol. The third kappa shape index (κ3) is 4.92. The molecule has 15 heavy (non-hydrogen) atoms. The van der Waals surface area contributed by atoms with Crippen LogP contribution in [-0.4, -0.2) is 39.5 Å². The van der Waals surface area contributed by atoms with Crippen LogP contribution in [0.1, 0.15) is 27.2 Å². The molecule has 0 spiro atoms. The topological polar surface area (TPSA) is 81.4 Å². The Morgan fingerprint density at radius 2 is 2.00 bits per heavy atom. The lowest BCUT2D eigenvalue weighted by atomic mass is 10.1. The van der Waals surface area contributed by atoms with Gasteiger partial charge in [-0.1, -0.05) is 6.92 Å². The lowest BCUT2D eigenvalue weighted by Gasteiger charge is -2.27. The molecule has 0 saturated carbocycles. The van der Waals surface area contributed by atoms with Crippen LogP contribution in [0.2, 0.25) is 0 Å². The van der Waals surface area contributed by atoms with E-state index in [-0.39, 0.29) is 6.54 Å². The minimum atomic E-state index is -3.36. The first-order valence-electron chi connectivity index (χ1n) is 5.01. The molecule has 5 nitrogen and oxygen atoms in total. The highest BCUT2D eigenvalue weighted by Crippen LogP contribution is 2.10. The number of nitrogens with one attached hydrogen (secondary N) is 1. The Labute approximate surface area is 92.4 Å². The number of ether oxygens (including phenoxy) is 1. The first-order valence-corrected chi connectivity index (χ1v) is 6.55. The van der Waals surface area contributed by atoms with Gasteiger partial charge in [0.25, 0.3) is 0 Å². The highest BCUT2D eigenvalue weighted by atomic mass is 32.2. The average Bonchev–Trinajstić information content (AvgIpc) is 2.02. The lowest BCUT2D eigenvalue weighted by molar-refractivity contribution is 0.141. The van der Waals surface area contributed by atoms with Crippen LogP contribution in [0.15, 0.2) is 0 Å². The molecule has 0 aromatic rings. The van der Waals surface area contributed by atoms with E-state index >= 15 is 0 Å². The molecule has 0 aromatic heterocycles. The second-order valence-corrected chi connectivity index (χ2v) is 6.19. The van der Waals surface area contributed by atoms with Crippen molar-refractivity contribution in [1.82, 2.24) is 4.72 Å². The molecule has 0 radical (unpaired) electrons. The lowest BCUT2D eigenvalue weighted by Crippen LogP contribution is -2.51. The zero-order valence-corrected chi connectivity index (χ0v) is 10.7. The van der Waals surface area contributed by atoms with Crippen molar-refractivity contribution in [3.8, 4) is 0 Å². The summed E-state index contributed by atoms with van der Waals surface area (Å²) in [4.78, 5) is 0. The fourth-order valence-corrected chi connectivity index (χ4v) is 3.06. The molecule has 0 saturated heterocycles. The Morgan fingerprint density at radius 3 is 2.33 bits per heavy atom. The van der Waals surface area contributed by atoms with Gasteiger partial charge < -0.3 is 10.5 Å². The summed E-state index contributed by atoms with van der Waals surface area (Å²) in [6.07, 6.45) is 0.509. The second-order valence-electron chi connectivity index (χ2n) is 4.23. The molecule has 0 aliphatic heterocycles. The molecule has 1 unspecified atom stereocenters. The summed E-state index contributed by atoms with van der Waals surface area (Å²) in [7, 11) is -1.82. The molecule has 3 N–H and O–H groups in total. The van der Waals surface area contributed by atoms with Gasteiger partial charge >= 0.3 is 0 Å². The Balaban J connectivity index is 4.63. The molecule has 0 aliphatic carbocycles. The van der Waals surface area contributed by atoms with Gasteiger partial charge in [-0.25, -0.2) is 13.1 Å². The predicted molar refractivity (Wildman–Crippen MR) is 61.1 cm³/mol. The van der Waals surface area contributed by atoms with E-state index in [2.05, 4.69) is 4.72 Å². The van der Waals surface area contributed by atoms with Crippen molar-refractivity contribution in [2.24, 2.45) is 5.73 Å². The van der Waals surface area contributed by atoms with Crippen molar-refractivity contribution in [1.29, 1.82) is 0 Å². The first-order chi connectivity index (χ1) is 6.79. The minimum absolute atomic E-state index is 0.134. The van der Waals surface area contributed by atoms with Gasteiger partial charge in [-0.15, -0.1) is 0 Å². The van der Waals surface area contributed by atoms with Crippen molar-refractivity contribution in [2.75, 3.05) is 20.3 Å². The van der Waals surface area contributed by atoms with Crippen molar-refractivity contribution >= 4 is 10.0 Å². The number of nitrogens with two attached hydrogens (primary N) is 1. The van der Waals surface area contributed by atoms with Crippen LogP contribution < -0.4 is 10.5 Å². The van der Waals surface area contributed by atoms with Gasteiger partial charge in [-0.2, -0.15) is 0 Å². The summed E-state index contributed by atoms with van der Waals surface area (Å²) >= 11 is 0. The SMILES string of the molecule is CCC(CN)S(=O)(=O)NC(C)(C)COC. The Bertz CT molecular complexity index is 271. The van der Waals surface area contributed by atoms with Crippen LogP contribution in [-0.2, 0) is 14.8 Å². The number of rotatable bonds is 7. The van der Waals surface area contributed by atoms with Crippen molar-refractivity contribution in [2.45, 2.75) is 38.0 Å². The van der Waals surface area contributed by atoms with Crippen molar-refractivity contribution in [3.05, 3.63) is 0 Å². The number of sulfonamides is 1. The molecule has 0 aliphatic rings. The predicted octanol–water partition coefficient (Wildman–Crippen LogP) is 0.0681. The largest absolute Gasteiger partial charge is 0.383 e. The van der Waals surface area contributed by atoms with E-state index in [1.807, 2.05) is 0 Å². The Kier molecular flexibility index (Phi) is 5.72. The van der Waals surface area contributed by atoms with E-state index in [0.29, 0.717) is 13.0 Å². The molecule has 0 bridgehead atoms. The summed E-state index contributed by atoms with van der Waals surface area (Å²) in [5.41, 5.74) is 4.81. The van der Waals surface area contributed by atoms with Crippen LogP contribution >= 0.6 is 0 Å². The van der Waals surface area contributed by atoms with E-state index in [9.17, 15) is 8.42 Å². The van der Waals surface area contributed by atoms with Crippen LogP contribution in [0.25, 0.3) is 0 Å². The van der Waals surface area contributed by atoms with Crippen LogP contribution in [0.5, 0.6) is 0 Å². The zero-order chi connectivity index (χ0) is 12.1. The monoisotopic (exact) mass is 238 g/mol.